The zero-order valence-corrected chi connectivity index (χ0v) is 19.7. The molecule has 184 valence electrons. The fourth-order valence-electron chi connectivity index (χ4n) is 3.20. The predicted molar refractivity (Wildman–Crippen MR) is 130 cm³/mol. The third-order valence-electron chi connectivity index (χ3n) is 4.90. The quantitative estimate of drug-likeness (QED) is 0.311. The van der Waals surface area contributed by atoms with Crippen molar-refractivity contribution in [3.8, 4) is 5.75 Å². The maximum absolute atomic E-state index is 13.3. The van der Waals surface area contributed by atoms with Crippen molar-refractivity contribution < 1.29 is 22.7 Å². The van der Waals surface area contributed by atoms with Crippen LogP contribution >= 0.6 is 0 Å². The van der Waals surface area contributed by atoms with Gasteiger partial charge in [-0.1, -0.05) is 20.4 Å². The first kappa shape index (κ1) is 26.9. The molecule has 1 aliphatic rings. The van der Waals surface area contributed by atoms with E-state index in [1.54, 1.807) is 24.4 Å². The minimum Gasteiger partial charge on any atom is -0.433 e. The highest BCUT2D eigenvalue weighted by molar-refractivity contribution is 6.07. The summed E-state index contributed by atoms with van der Waals surface area (Å²) in [5.74, 6) is 0.657. The molecule has 1 aromatic carbocycles. The number of nitrogens with zero attached hydrogens (tertiary/aromatic N) is 2. The summed E-state index contributed by atoms with van der Waals surface area (Å²) in [7, 11) is 0. The number of ketones is 1. The predicted octanol–water partition coefficient (Wildman–Crippen LogP) is 6.29. The summed E-state index contributed by atoms with van der Waals surface area (Å²) < 4.78 is 43.6. The lowest BCUT2D eigenvalue weighted by molar-refractivity contribution is -0.158. The third kappa shape index (κ3) is 7.90. The number of hydrogen-bond acceptors (Lipinski definition) is 6. The van der Waals surface area contributed by atoms with Gasteiger partial charge < -0.3 is 20.4 Å². The lowest BCUT2D eigenvalue weighted by Gasteiger charge is -2.38. The summed E-state index contributed by atoms with van der Waals surface area (Å²) in [6, 6.07) is 7.82. The van der Waals surface area contributed by atoms with E-state index in [0.29, 0.717) is 55.6 Å². The third-order valence-corrected chi connectivity index (χ3v) is 4.90. The van der Waals surface area contributed by atoms with Gasteiger partial charge in [0.2, 0.25) is 0 Å². The van der Waals surface area contributed by atoms with Gasteiger partial charge in [0, 0.05) is 30.9 Å². The second-order valence-electron chi connectivity index (χ2n) is 7.87. The summed E-state index contributed by atoms with van der Waals surface area (Å²) in [6.07, 6.45) is 0.920. The molecule has 1 aliphatic heterocycles. The van der Waals surface area contributed by atoms with Crippen molar-refractivity contribution in [2.24, 2.45) is 0 Å². The number of ether oxygens (including phenoxy) is 1. The Morgan fingerprint density at radius 3 is 2.41 bits per heavy atom. The Bertz CT molecular complexity index is 985. The van der Waals surface area contributed by atoms with Crippen molar-refractivity contribution in [2.75, 3.05) is 23.3 Å². The van der Waals surface area contributed by atoms with Gasteiger partial charge in [0.25, 0.3) is 0 Å². The molecule has 0 atom stereocenters. The SMILES string of the molecule is C=CC(=O)CCC.CCC(=N)c1c(N2CC(F)C2)ccnc1Nc1ccc(OC(C)(F)F)cc1. The van der Waals surface area contributed by atoms with E-state index in [2.05, 4.69) is 21.6 Å². The lowest BCUT2D eigenvalue weighted by atomic mass is 10.0. The molecule has 0 spiro atoms. The van der Waals surface area contributed by atoms with Crippen LogP contribution in [0.2, 0.25) is 0 Å². The maximum atomic E-state index is 13.3. The molecule has 0 unspecified atom stereocenters. The van der Waals surface area contributed by atoms with Gasteiger partial charge in [0.05, 0.1) is 24.3 Å². The average molecular weight is 477 g/mol. The minimum absolute atomic E-state index is 0.0471. The van der Waals surface area contributed by atoms with Crippen LogP contribution in [0.15, 0.2) is 49.2 Å². The fourth-order valence-corrected chi connectivity index (χ4v) is 3.20. The van der Waals surface area contributed by atoms with Crippen LogP contribution in [0.25, 0.3) is 0 Å². The zero-order valence-electron chi connectivity index (χ0n) is 19.7. The summed E-state index contributed by atoms with van der Waals surface area (Å²) in [5.41, 5.74) is 2.38. The van der Waals surface area contributed by atoms with Crippen LogP contribution < -0.4 is 15.0 Å². The molecular formula is C25H31F3N4O2. The highest BCUT2D eigenvalue weighted by Crippen LogP contribution is 2.33. The van der Waals surface area contributed by atoms with Gasteiger partial charge in [0.15, 0.2) is 5.78 Å². The van der Waals surface area contributed by atoms with Gasteiger partial charge in [-0.25, -0.2) is 9.37 Å². The van der Waals surface area contributed by atoms with Gasteiger partial charge >= 0.3 is 6.11 Å². The van der Waals surface area contributed by atoms with Crippen LogP contribution in [0.1, 0.15) is 45.6 Å². The number of allylic oxidation sites excluding steroid dienone is 1. The Kier molecular flexibility index (Phi) is 9.65. The number of rotatable bonds is 10. The van der Waals surface area contributed by atoms with Crippen LogP contribution in [-0.4, -0.2) is 41.8 Å². The molecule has 2 heterocycles. The molecule has 6 nitrogen and oxygen atoms in total. The monoisotopic (exact) mass is 476 g/mol. The molecule has 1 saturated heterocycles. The molecule has 0 aliphatic carbocycles. The van der Waals surface area contributed by atoms with E-state index in [0.717, 1.165) is 12.1 Å². The Balaban J connectivity index is 0.000000509. The van der Waals surface area contributed by atoms with E-state index < -0.39 is 12.3 Å². The van der Waals surface area contributed by atoms with Crippen molar-refractivity contribution >= 4 is 28.7 Å². The van der Waals surface area contributed by atoms with Gasteiger partial charge in [-0.05, 0) is 49.2 Å². The summed E-state index contributed by atoms with van der Waals surface area (Å²) >= 11 is 0. The topological polar surface area (TPSA) is 78.3 Å². The Morgan fingerprint density at radius 2 is 1.94 bits per heavy atom. The van der Waals surface area contributed by atoms with Crippen LogP contribution in [0.5, 0.6) is 5.75 Å². The highest BCUT2D eigenvalue weighted by Gasteiger charge is 2.30. The molecule has 0 bridgehead atoms. The molecule has 2 aromatic rings. The standard InChI is InChI=1S/C19H21F3N4O.C6H10O/c1-3-15(23)17-16(26-10-12(20)11-26)8-9-24-18(17)25-13-4-6-14(7-5-13)27-19(2,21)22;1-3-5-6(7)4-2/h4-9,12,23H,3,10-11H2,1-2H3,(H,24,25);4H,2-3,5H2,1H3. The number of nitrogens with one attached hydrogen (secondary N) is 2. The first-order valence-electron chi connectivity index (χ1n) is 11.1. The average Bonchev–Trinajstić information content (AvgIpc) is 2.77. The molecule has 1 fully saturated rings. The summed E-state index contributed by atoms with van der Waals surface area (Å²) in [6.45, 7) is 8.44. The Hall–Kier alpha value is -3.36. The fraction of sp³-hybridized carbons (Fsp3) is 0.400. The van der Waals surface area contributed by atoms with E-state index in [4.69, 9.17) is 5.41 Å². The van der Waals surface area contributed by atoms with Crippen LogP contribution in [-0.2, 0) is 4.79 Å². The number of carbonyl (C=O) groups is 1. The molecule has 34 heavy (non-hydrogen) atoms. The molecule has 0 saturated carbocycles. The van der Waals surface area contributed by atoms with Crippen LogP contribution in [0, 0.1) is 5.41 Å². The number of benzene rings is 1. The molecule has 0 amide bonds. The number of aromatic nitrogens is 1. The number of anilines is 3. The van der Waals surface area contributed by atoms with E-state index in [-0.39, 0.29) is 11.5 Å². The Morgan fingerprint density at radius 1 is 1.29 bits per heavy atom. The van der Waals surface area contributed by atoms with Crippen molar-refractivity contribution in [1.29, 1.82) is 5.41 Å². The van der Waals surface area contributed by atoms with E-state index in [1.165, 1.54) is 18.2 Å². The van der Waals surface area contributed by atoms with E-state index >= 15 is 0 Å². The van der Waals surface area contributed by atoms with Crippen LogP contribution in [0.4, 0.5) is 30.4 Å². The number of carbonyl (C=O) groups excluding carboxylic acids is 1. The molecular weight excluding hydrogens is 445 g/mol. The number of hydrogen-bond donors (Lipinski definition) is 2. The van der Waals surface area contributed by atoms with Crippen molar-refractivity contribution in [3.63, 3.8) is 0 Å². The molecule has 2 N–H and O–H groups in total. The van der Waals surface area contributed by atoms with Crippen LogP contribution in [0.3, 0.4) is 0 Å². The molecule has 0 radical (unpaired) electrons. The normalized spacial score (nSPS) is 13.3. The molecule has 9 heteroatoms. The molecule has 1 aromatic heterocycles. The largest absolute Gasteiger partial charge is 0.433 e. The van der Waals surface area contributed by atoms with Crippen molar-refractivity contribution in [2.45, 2.75) is 52.3 Å². The maximum Gasteiger partial charge on any atom is 0.394 e. The Labute approximate surface area is 198 Å². The minimum atomic E-state index is -3.25. The van der Waals surface area contributed by atoms with Gasteiger partial charge in [-0.2, -0.15) is 8.78 Å². The van der Waals surface area contributed by atoms with Gasteiger partial charge in [-0.3, -0.25) is 4.79 Å². The summed E-state index contributed by atoms with van der Waals surface area (Å²) in [4.78, 5) is 16.5. The zero-order chi connectivity index (χ0) is 25.3. The number of alkyl halides is 3. The molecule has 3 rings (SSSR count). The van der Waals surface area contributed by atoms with Gasteiger partial charge in [0.1, 0.15) is 17.7 Å². The second kappa shape index (κ2) is 12.2. The van der Waals surface area contributed by atoms with Crippen molar-refractivity contribution in [3.05, 3.63) is 54.7 Å². The number of halogens is 3. The second-order valence-corrected chi connectivity index (χ2v) is 7.87. The first-order chi connectivity index (χ1) is 16.1. The van der Waals surface area contributed by atoms with E-state index in [9.17, 15) is 18.0 Å². The van der Waals surface area contributed by atoms with Crippen molar-refractivity contribution in [1.82, 2.24) is 4.98 Å². The van der Waals surface area contributed by atoms with E-state index in [1.807, 2.05) is 18.7 Å². The summed E-state index contributed by atoms with van der Waals surface area (Å²) in [5, 5.41) is 11.4. The van der Waals surface area contributed by atoms with Gasteiger partial charge in [-0.15, -0.1) is 0 Å². The first-order valence-corrected chi connectivity index (χ1v) is 11.1. The highest BCUT2D eigenvalue weighted by atomic mass is 19.3. The lowest BCUT2D eigenvalue weighted by Crippen LogP contribution is -2.49. The number of pyridine rings is 1. The smallest absolute Gasteiger partial charge is 0.394 e.